The lowest BCUT2D eigenvalue weighted by atomic mass is 10.2. The van der Waals surface area contributed by atoms with Gasteiger partial charge in [-0.05, 0) is 13.3 Å². The second-order valence-electron chi connectivity index (χ2n) is 3.58. The van der Waals surface area contributed by atoms with Crippen LogP contribution in [0.4, 0.5) is 0 Å². The van der Waals surface area contributed by atoms with Crippen LogP contribution in [0.3, 0.4) is 0 Å². The lowest BCUT2D eigenvalue weighted by molar-refractivity contribution is 0.678. The van der Waals surface area contributed by atoms with Crippen molar-refractivity contribution in [2.75, 3.05) is 0 Å². The number of nitrogens with zero attached hydrogens (tertiary/aromatic N) is 3. The van der Waals surface area contributed by atoms with Crippen LogP contribution in [0.25, 0.3) is 0 Å². The van der Waals surface area contributed by atoms with E-state index in [2.05, 4.69) is 21.9 Å². The molecule has 3 nitrogen and oxygen atoms in total. The van der Waals surface area contributed by atoms with Gasteiger partial charge in [-0.2, -0.15) is 0 Å². The Labute approximate surface area is 111 Å². The van der Waals surface area contributed by atoms with Gasteiger partial charge in [0, 0.05) is 6.42 Å². The minimum Gasteiger partial charge on any atom is -0.218 e. The number of aryl methyl sites for hydroxylation is 2. The Morgan fingerprint density at radius 2 is 1.75 bits per heavy atom. The minimum absolute atomic E-state index is 0.205. The predicted octanol–water partition coefficient (Wildman–Crippen LogP) is 3.74. The molecule has 0 aliphatic rings. The van der Waals surface area contributed by atoms with Gasteiger partial charge in [0.05, 0.1) is 0 Å². The maximum absolute atomic E-state index is 5.74. The van der Waals surface area contributed by atoms with Crippen LogP contribution in [-0.2, 0) is 10.2 Å². The molecule has 0 amide bonds. The van der Waals surface area contributed by atoms with Crippen LogP contribution >= 0.6 is 34.8 Å². The van der Waals surface area contributed by atoms with Crippen LogP contribution in [-0.4, -0.2) is 15.0 Å². The third kappa shape index (κ3) is 4.40. The highest BCUT2D eigenvalue weighted by molar-refractivity contribution is 6.66. The third-order valence-corrected chi connectivity index (χ3v) is 2.56. The van der Waals surface area contributed by atoms with Crippen LogP contribution in [0.1, 0.15) is 43.7 Å². The Morgan fingerprint density at radius 1 is 1.06 bits per heavy atom. The second-order valence-corrected chi connectivity index (χ2v) is 5.86. The Bertz CT molecular complexity index is 350. The Hall–Kier alpha value is -0.120. The van der Waals surface area contributed by atoms with E-state index >= 15 is 0 Å². The summed E-state index contributed by atoms with van der Waals surface area (Å²) in [6.45, 7) is 3.91. The van der Waals surface area contributed by atoms with E-state index in [1.807, 2.05) is 0 Å². The van der Waals surface area contributed by atoms with E-state index in [-0.39, 0.29) is 5.82 Å². The van der Waals surface area contributed by atoms with Crippen LogP contribution < -0.4 is 0 Å². The van der Waals surface area contributed by atoms with Crippen LogP contribution in [0.15, 0.2) is 0 Å². The molecule has 0 unspecified atom stereocenters. The van der Waals surface area contributed by atoms with Crippen molar-refractivity contribution in [1.82, 2.24) is 15.0 Å². The van der Waals surface area contributed by atoms with Gasteiger partial charge in [0.1, 0.15) is 11.6 Å². The average molecular weight is 283 g/mol. The summed E-state index contributed by atoms with van der Waals surface area (Å²) in [5, 5.41) is 0. The maximum Gasteiger partial charge on any atom is 0.250 e. The molecule has 0 fully saturated rings. The molecule has 1 rings (SSSR count). The molecule has 0 aliphatic carbocycles. The van der Waals surface area contributed by atoms with Crippen molar-refractivity contribution >= 4 is 34.8 Å². The van der Waals surface area contributed by atoms with Gasteiger partial charge in [-0.25, -0.2) is 15.0 Å². The number of unbranched alkanes of at least 4 members (excludes halogenated alkanes) is 2. The number of rotatable bonds is 4. The van der Waals surface area contributed by atoms with Crippen molar-refractivity contribution in [2.24, 2.45) is 0 Å². The topological polar surface area (TPSA) is 38.7 Å². The zero-order chi connectivity index (χ0) is 12.2. The van der Waals surface area contributed by atoms with Gasteiger partial charge in [-0.15, -0.1) is 0 Å². The van der Waals surface area contributed by atoms with Gasteiger partial charge in [-0.1, -0.05) is 54.6 Å². The van der Waals surface area contributed by atoms with E-state index in [0.29, 0.717) is 11.6 Å². The molecule has 0 N–H and O–H groups in total. The molecule has 1 heterocycles. The molecule has 0 saturated heterocycles. The highest BCUT2D eigenvalue weighted by atomic mass is 35.6. The molecular formula is C10H14Cl3N3. The Kier molecular flexibility index (Phi) is 5.22. The first-order valence-electron chi connectivity index (χ1n) is 5.22. The van der Waals surface area contributed by atoms with Gasteiger partial charge < -0.3 is 0 Å². The molecule has 0 atom stereocenters. The van der Waals surface area contributed by atoms with Crippen molar-refractivity contribution in [3.8, 4) is 0 Å². The molecular weight excluding hydrogens is 268 g/mol. The molecule has 6 heteroatoms. The number of aromatic nitrogens is 3. The maximum atomic E-state index is 5.74. The fourth-order valence-electron chi connectivity index (χ4n) is 1.31. The summed E-state index contributed by atoms with van der Waals surface area (Å²) in [7, 11) is 0. The molecule has 1 aromatic heterocycles. The van der Waals surface area contributed by atoms with Crippen LogP contribution in [0.2, 0.25) is 0 Å². The summed E-state index contributed by atoms with van der Waals surface area (Å²) in [6, 6.07) is 0. The van der Waals surface area contributed by atoms with Gasteiger partial charge in [0.25, 0.3) is 0 Å². The standard InChI is InChI=1S/C10H14Cl3N3/c1-3-4-5-6-8-14-7(2)15-9(16-8)10(11,12)13/h3-6H2,1-2H3. The zero-order valence-electron chi connectivity index (χ0n) is 9.30. The number of alkyl halides is 3. The molecule has 0 aromatic carbocycles. The van der Waals surface area contributed by atoms with Crippen molar-refractivity contribution in [2.45, 2.75) is 43.3 Å². The van der Waals surface area contributed by atoms with E-state index in [0.717, 1.165) is 25.7 Å². The molecule has 0 radical (unpaired) electrons. The van der Waals surface area contributed by atoms with E-state index in [1.165, 1.54) is 0 Å². The third-order valence-electron chi connectivity index (χ3n) is 2.05. The average Bonchev–Trinajstić information content (AvgIpc) is 2.16. The van der Waals surface area contributed by atoms with E-state index in [4.69, 9.17) is 34.8 Å². The monoisotopic (exact) mass is 281 g/mol. The highest BCUT2D eigenvalue weighted by Crippen LogP contribution is 2.35. The minimum atomic E-state index is -1.58. The quantitative estimate of drug-likeness (QED) is 0.624. The normalized spacial score (nSPS) is 11.8. The molecule has 0 spiro atoms. The summed E-state index contributed by atoms with van der Waals surface area (Å²) >= 11 is 17.2. The molecule has 0 aliphatic heterocycles. The SMILES string of the molecule is CCCCCc1nc(C)nc(C(Cl)(Cl)Cl)n1. The van der Waals surface area contributed by atoms with Crippen molar-refractivity contribution < 1.29 is 0 Å². The zero-order valence-corrected chi connectivity index (χ0v) is 11.6. The smallest absolute Gasteiger partial charge is 0.218 e. The van der Waals surface area contributed by atoms with Crippen molar-refractivity contribution in [3.05, 3.63) is 17.5 Å². The van der Waals surface area contributed by atoms with Crippen molar-refractivity contribution in [3.63, 3.8) is 0 Å². The lowest BCUT2D eigenvalue weighted by Crippen LogP contribution is -2.12. The number of hydrogen-bond acceptors (Lipinski definition) is 3. The van der Waals surface area contributed by atoms with Gasteiger partial charge in [0.2, 0.25) is 3.79 Å². The fourth-order valence-corrected chi connectivity index (χ4v) is 1.56. The second kappa shape index (κ2) is 5.99. The van der Waals surface area contributed by atoms with Crippen molar-refractivity contribution in [1.29, 1.82) is 0 Å². The largest absolute Gasteiger partial charge is 0.250 e. The highest BCUT2D eigenvalue weighted by Gasteiger charge is 2.27. The first kappa shape index (κ1) is 13.9. The summed E-state index contributed by atoms with van der Waals surface area (Å²) in [4.78, 5) is 12.4. The Balaban J connectivity index is 2.82. The fraction of sp³-hybridized carbons (Fsp3) is 0.700. The van der Waals surface area contributed by atoms with Gasteiger partial charge in [-0.3, -0.25) is 0 Å². The summed E-state index contributed by atoms with van der Waals surface area (Å²) < 4.78 is -1.58. The Morgan fingerprint density at radius 3 is 2.31 bits per heavy atom. The molecule has 0 bridgehead atoms. The number of halogens is 3. The summed E-state index contributed by atoms with van der Waals surface area (Å²) in [5.74, 6) is 1.49. The van der Waals surface area contributed by atoms with Gasteiger partial charge >= 0.3 is 0 Å². The lowest BCUT2D eigenvalue weighted by Gasteiger charge is -2.10. The molecule has 90 valence electrons. The molecule has 16 heavy (non-hydrogen) atoms. The first-order valence-corrected chi connectivity index (χ1v) is 6.35. The first-order chi connectivity index (χ1) is 7.43. The van der Waals surface area contributed by atoms with Crippen LogP contribution in [0, 0.1) is 6.92 Å². The predicted molar refractivity (Wildman–Crippen MR) is 67.0 cm³/mol. The van der Waals surface area contributed by atoms with Crippen LogP contribution in [0.5, 0.6) is 0 Å². The van der Waals surface area contributed by atoms with E-state index in [1.54, 1.807) is 6.92 Å². The van der Waals surface area contributed by atoms with E-state index < -0.39 is 3.79 Å². The number of hydrogen-bond donors (Lipinski definition) is 0. The van der Waals surface area contributed by atoms with Gasteiger partial charge in [0.15, 0.2) is 5.82 Å². The summed E-state index contributed by atoms with van der Waals surface area (Å²) in [5.41, 5.74) is 0. The van der Waals surface area contributed by atoms with E-state index in [9.17, 15) is 0 Å². The molecule has 1 aromatic rings. The summed E-state index contributed by atoms with van der Waals surface area (Å²) in [6.07, 6.45) is 4.14. The molecule has 0 saturated carbocycles.